The van der Waals surface area contributed by atoms with Crippen molar-refractivity contribution < 1.29 is 13.2 Å². The number of rotatable bonds is 6. The van der Waals surface area contributed by atoms with Crippen LogP contribution in [0.25, 0.3) is 22.3 Å². The van der Waals surface area contributed by atoms with Gasteiger partial charge < -0.3 is 15.2 Å². The number of alkyl halides is 3. The van der Waals surface area contributed by atoms with Gasteiger partial charge in [-0.1, -0.05) is 12.1 Å². The van der Waals surface area contributed by atoms with Crippen LogP contribution in [0.3, 0.4) is 0 Å². The Bertz CT molecular complexity index is 1500. The zero-order valence-electron chi connectivity index (χ0n) is 21.9. The molecule has 3 aromatic heterocycles. The molecule has 1 fully saturated rings. The van der Waals surface area contributed by atoms with Crippen molar-refractivity contribution in [1.82, 2.24) is 24.8 Å². The topological polar surface area (TPSA) is 96.8 Å². The molecule has 0 radical (unpaired) electrons. The molecule has 1 aliphatic heterocycles. The van der Waals surface area contributed by atoms with Gasteiger partial charge in [-0.05, 0) is 44.5 Å². The average molecular weight is 535 g/mol. The van der Waals surface area contributed by atoms with E-state index in [1.54, 1.807) is 0 Å². The Kier molecular flexibility index (Phi) is 7.14. The Morgan fingerprint density at radius 1 is 1.03 bits per heavy atom. The molecule has 0 saturated carbocycles. The number of hydrogen-bond acceptors (Lipinski definition) is 7. The maximum atomic E-state index is 13.3. The van der Waals surface area contributed by atoms with E-state index in [9.17, 15) is 18.4 Å². The van der Waals surface area contributed by atoms with Crippen LogP contribution in [0, 0.1) is 11.3 Å². The molecule has 1 saturated heterocycles. The number of halogens is 3. The fourth-order valence-corrected chi connectivity index (χ4v) is 4.84. The van der Waals surface area contributed by atoms with E-state index in [4.69, 9.17) is 0 Å². The van der Waals surface area contributed by atoms with E-state index in [2.05, 4.69) is 73.2 Å². The van der Waals surface area contributed by atoms with Crippen LogP contribution < -0.4 is 10.2 Å². The summed E-state index contributed by atoms with van der Waals surface area (Å²) in [5, 5.41) is 13.1. The molecule has 202 valence electrons. The van der Waals surface area contributed by atoms with Crippen molar-refractivity contribution in [3.63, 3.8) is 0 Å². The first kappa shape index (κ1) is 26.4. The summed E-state index contributed by atoms with van der Waals surface area (Å²) in [5.74, 6) is 0.264. The number of nitrogens with zero attached hydrogens (tertiary/aromatic N) is 6. The minimum atomic E-state index is -4.54. The fourth-order valence-electron chi connectivity index (χ4n) is 4.84. The molecule has 2 N–H and O–H groups in total. The monoisotopic (exact) mass is 534 g/mol. The molecule has 11 heteroatoms. The van der Waals surface area contributed by atoms with Gasteiger partial charge in [-0.25, -0.2) is 15.0 Å². The van der Waals surface area contributed by atoms with Crippen molar-refractivity contribution in [2.45, 2.75) is 39.0 Å². The van der Waals surface area contributed by atoms with Crippen molar-refractivity contribution in [1.29, 1.82) is 5.26 Å². The first-order valence-electron chi connectivity index (χ1n) is 12.8. The molecule has 4 aromatic rings. The second kappa shape index (κ2) is 10.5. The Morgan fingerprint density at radius 2 is 1.74 bits per heavy atom. The van der Waals surface area contributed by atoms with Crippen LogP contribution in [-0.4, -0.2) is 57.1 Å². The molecule has 1 unspecified atom stereocenters. The molecule has 1 aliphatic rings. The van der Waals surface area contributed by atoms with Crippen LogP contribution in [0.4, 0.5) is 24.8 Å². The highest BCUT2D eigenvalue weighted by Gasteiger charge is 2.32. The molecule has 1 aromatic carbocycles. The van der Waals surface area contributed by atoms with Gasteiger partial charge in [0.2, 0.25) is 5.95 Å². The summed E-state index contributed by atoms with van der Waals surface area (Å²) in [6.45, 7) is 10.5. The van der Waals surface area contributed by atoms with Crippen molar-refractivity contribution in [2.75, 3.05) is 36.4 Å². The van der Waals surface area contributed by atoms with E-state index in [-0.39, 0.29) is 34.3 Å². The summed E-state index contributed by atoms with van der Waals surface area (Å²) >= 11 is 0. The predicted octanol–water partition coefficient (Wildman–Crippen LogP) is 5.61. The molecule has 4 heterocycles. The van der Waals surface area contributed by atoms with Crippen LogP contribution in [0.5, 0.6) is 0 Å². The molecule has 1 atom stereocenters. The number of aromatic nitrogens is 4. The van der Waals surface area contributed by atoms with Crippen molar-refractivity contribution in [2.24, 2.45) is 0 Å². The van der Waals surface area contributed by atoms with Gasteiger partial charge in [0.05, 0.1) is 29.1 Å². The normalized spacial score (nSPS) is 15.5. The lowest BCUT2D eigenvalue weighted by atomic mass is 10.1. The molecule has 0 amide bonds. The molecular weight excluding hydrogens is 505 g/mol. The van der Waals surface area contributed by atoms with Crippen LogP contribution >= 0.6 is 0 Å². The highest BCUT2D eigenvalue weighted by molar-refractivity contribution is 5.94. The Morgan fingerprint density at radius 3 is 2.38 bits per heavy atom. The lowest BCUT2D eigenvalue weighted by molar-refractivity contribution is -0.137. The van der Waals surface area contributed by atoms with Crippen molar-refractivity contribution in [3.05, 3.63) is 65.6 Å². The zero-order valence-corrected chi connectivity index (χ0v) is 21.9. The van der Waals surface area contributed by atoms with Crippen LogP contribution in [0.1, 0.15) is 43.5 Å². The van der Waals surface area contributed by atoms with Crippen LogP contribution in [0.2, 0.25) is 0 Å². The molecule has 5 rings (SSSR count). The number of H-pyrrole nitrogens is 1. The van der Waals surface area contributed by atoms with Gasteiger partial charge in [-0.3, -0.25) is 4.90 Å². The van der Waals surface area contributed by atoms with Gasteiger partial charge in [0.25, 0.3) is 0 Å². The maximum absolute atomic E-state index is 13.3. The number of benzene rings is 1. The third-order valence-electron chi connectivity index (χ3n) is 7.17. The smallest absolute Gasteiger partial charge is 0.369 e. The highest BCUT2D eigenvalue weighted by Crippen LogP contribution is 2.35. The largest absolute Gasteiger partial charge is 0.417 e. The Balaban J connectivity index is 1.35. The van der Waals surface area contributed by atoms with Crippen molar-refractivity contribution in [3.8, 4) is 17.3 Å². The quantitative estimate of drug-likeness (QED) is 0.332. The Hall–Kier alpha value is -4.17. The third-order valence-corrected chi connectivity index (χ3v) is 7.17. The summed E-state index contributed by atoms with van der Waals surface area (Å²) in [4.78, 5) is 20.4. The lowest BCUT2D eigenvalue weighted by Crippen LogP contribution is -2.48. The summed E-state index contributed by atoms with van der Waals surface area (Å²) in [6, 6.07) is 11.8. The second-order valence-corrected chi connectivity index (χ2v) is 9.96. The SMILES string of the molecule is CC(Nc1ncc(C#N)c(-c2c[nH]c3ncc(C(F)(F)F)cc23)n1)c1ccc(N2CCN(C(C)C)CC2)cc1. The summed E-state index contributed by atoms with van der Waals surface area (Å²) < 4.78 is 39.9. The number of anilines is 2. The third kappa shape index (κ3) is 5.52. The van der Waals surface area contributed by atoms with Gasteiger partial charge >= 0.3 is 6.18 Å². The zero-order chi connectivity index (χ0) is 27.7. The van der Waals surface area contributed by atoms with Gasteiger partial charge in [0.1, 0.15) is 11.7 Å². The van der Waals surface area contributed by atoms with Crippen LogP contribution in [-0.2, 0) is 6.18 Å². The molecule has 39 heavy (non-hydrogen) atoms. The maximum Gasteiger partial charge on any atom is 0.417 e. The second-order valence-electron chi connectivity index (χ2n) is 9.96. The number of nitrogens with one attached hydrogen (secondary N) is 2. The van der Waals surface area contributed by atoms with E-state index in [1.165, 1.54) is 18.1 Å². The lowest BCUT2D eigenvalue weighted by Gasteiger charge is -2.38. The highest BCUT2D eigenvalue weighted by atomic mass is 19.4. The van der Waals surface area contributed by atoms with Crippen molar-refractivity contribution >= 4 is 22.7 Å². The van der Waals surface area contributed by atoms with E-state index in [1.807, 2.05) is 13.0 Å². The van der Waals surface area contributed by atoms with Gasteiger partial charge in [-0.2, -0.15) is 18.4 Å². The molecule has 0 bridgehead atoms. The first-order chi connectivity index (χ1) is 18.6. The number of piperazine rings is 1. The number of aromatic amines is 1. The molecule has 0 spiro atoms. The molecule has 8 nitrogen and oxygen atoms in total. The number of hydrogen-bond donors (Lipinski definition) is 2. The van der Waals surface area contributed by atoms with E-state index < -0.39 is 11.7 Å². The minimum absolute atomic E-state index is 0.147. The first-order valence-corrected chi connectivity index (χ1v) is 12.8. The van der Waals surface area contributed by atoms with Gasteiger partial charge in [-0.15, -0.1) is 0 Å². The summed E-state index contributed by atoms with van der Waals surface area (Å²) in [6.07, 6.45) is -0.885. The summed E-state index contributed by atoms with van der Waals surface area (Å²) in [5.41, 5.74) is 2.33. The van der Waals surface area contributed by atoms with Crippen LogP contribution in [0.15, 0.2) is 48.9 Å². The molecule has 0 aliphatic carbocycles. The predicted molar refractivity (Wildman–Crippen MR) is 144 cm³/mol. The fraction of sp³-hybridized carbons (Fsp3) is 0.357. The van der Waals surface area contributed by atoms with E-state index >= 15 is 0 Å². The number of pyridine rings is 1. The Labute approximate surface area is 224 Å². The minimum Gasteiger partial charge on any atom is -0.369 e. The van der Waals surface area contributed by atoms with E-state index in [0.29, 0.717) is 11.6 Å². The number of fused-ring (bicyclic) bond motifs is 1. The van der Waals surface area contributed by atoms with E-state index in [0.717, 1.165) is 44.0 Å². The summed E-state index contributed by atoms with van der Waals surface area (Å²) in [7, 11) is 0. The average Bonchev–Trinajstić information content (AvgIpc) is 3.36. The molecular formula is C28H29F3N8. The van der Waals surface area contributed by atoms with Gasteiger partial charge in [0.15, 0.2) is 0 Å². The standard InChI is InChI=1S/C28H29F3N8/c1-17(2)38-8-10-39(11-9-38)22-6-4-19(5-7-22)18(3)36-27-35-14-20(13-32)25(37-27)24-16-34-26-23(24)12-21(15-33-26)28(29,30)31/h4-7,12,14-18H,8-11H2,1-3H3,(H,33,34)(H,35,36,37). The van der Waals surface area contributed by atoms with Gasteiger partial charge in [0, 0.05) is 61.3 Å². The number of nitriles is 1.